The number of hydrogen-bond donors (Lipinski definition) is 5. The van der Waals surface area contributed by atoms with Crippen molar-refractivity contribution >= 4 is 5.78 Å². The lowest BCUT2D eigenvalue weighted by Gasteiger charge is -2.66. The third kappa shape index (κ3) is 2.84. The summed E-state index contributed by atoms with van der Waals surface area (Å²) in [5.41, 5.74) is -0.902. The van der Waals surface area contributed by atoms with Crippen LogP contribution in [0.1, 0.15) is 26.7 Å². The maximum Gasteiger partial charge on any atom is 0.150 e. The van der Waals surface area contributed by atoms with Gasteiger partial charge in [0.2, 0.25) is 0 Å². The van der Waals surface area contributed by atoms with E-state index in [1.54, 1.807) is 0 Å². The van der Waals surface area contributed by atoms with E-state index in [9.17, 15) is 25.2 Å². The van der Waals surface area contributed by atoms with Crippen LogP contribution in [0.5, 0.6) is 0 Å². The molecule has 4 heterocycles. The molecule has 2 unspecified atom stereocenters. The van der Waals surface area contributed by atoms with E-state index in [1.165, 1.54) is 0 Å². The van der Waals surface area contributed by atoms with Gasteiger partial charge in [0.25, 0.3) is 0 Å². The van der Waals surface area contributed by atoms with Crippen molar-refractivity contribution in [3.05, 3.63) is 0 Å². The van der Waals surface area contributed by atoms with Gasteiger partial charge in [-0.2, -0.15) is 0 Å². The smallest absolute Gasteiger partial charge is 0.150 e. The van der Waals surface area contributed by atoms with Crippen LogP contribution in [0.25, 0.3) is 0 Å². The fraction of sp³-hybridized carbons (Fsp3) is 0.941. The Balaban J connectivity index is 1.82. The largest absolute Gasteiger partial charge is 0.394 e. The molecule has 8 heteroatoms. The van der Waals surface area contributed by atoms with E-state index >= 15 is 0 Å². The Labute approximate surface area is 147 Å². The van der Waals surface area contributed by atoms with Crippen molar-refractivity contribution in [1.29, 1.82) is 0 Å². The minimum absolute atomic E-state index is 0.304. The molecular formula is C17H30N2O6. The molecule has 4 saturated heterocycles. The molecule has 4 bridgehead atoms. The Hall–Kier alpha value is -0.610. The summed E-state index contributed by atoms with van der Waals surface area (Å²) in [6.07, 6.45) is -4.86. The summed E-state index contributed by atoms with van der Waals surface area (Å²) >= 11 is 0. The number of nitrogens with zero attached hydrogens (tertiary/aromatic N) is 2. The monoisotopic (exact) mass is 358 g/mol. The molecule has 0 amide bonds. The van der Waals surface area contributed by atoms with Gasteiger partial charge in [-0.3, -0.25) is 14.6 Å². The van der Waals surface area contributed by atoms with Crippen LogP contribution < -0.4 is 0 Å². The van der Waals surface area contributed by atoms with Crippen LogP contribution in [0, 0.1) is 10.8 Å². The lowest BCUT2D eigenvalue weighted by Crippen LogP contribution is -2.81. The molecule has 0 spiro atoms. The number of Topliss-reactive ketones (excluding diaryl/α,β-unsaturated/α-hetero) is 1. The minimum Gasteiger partial charge on any atom is -0.394 e. The van der Waals surface area contributed by atoms with Crippen LogP contribution in [0.3, 0.4) is 0 Å². The summed E-state index contributed by atoms with van der Waals surface area (Å²) in [5, 5.41) is 49.3. The van der Waals surface area contributed by atoms with Crippen LogP contribution in [-0.4, -0.2) is 104 Å². The number of ketones is 1. The van der Waals surface area contributed by atoms with Crippen molar-refractivity contribution in [1.82, 2.24) is 9.80 Å². The molecule has 4 aliphatic heterocycles. The molecule has 144 valence electrons. The molecule has 8 nitrogen and oxygen atoms in total. The first kappa shape index (κ1) is 19.2. The van der Waals surface area contributed by atoms with E-state index in [0.29, 0.717) is 32.0 Å². The van der Waals surface area contributed by atoms with E-state index in [1.807, 2.05) is 16.7 Å². The summed E-state index contributed by atoms with van der Waals surface area (Å²) in [5.74, 6) is 0.304. The van der Waals surface area contributed by atoms with Gasteiger partial charge in [0.1, 0.15) is 30.2 Å². The van der Waals surface area contributed by atoms with Crippen molar-refractivity contribution in [2.24, 2.45) is 10.8 Å². The summed E-state index contributed by atoms with van der Waals surface area (Å²) in [4.78, 5) is 17.0. The van der Waals surface area contributed by atoms with E-state index in [2.05, 4.69) is 6.92 Å². The van der Waals surface area contributed by atoms with Gasteiger partial charge >= 0.3 is 0 Å². The molecular weight excluding hydrogens is 328 g/mol. The fourth-order valence-electron chi connectivity index (χ4n) is 5.31. The average Bonchev–Trinajstić information content (AvgIpc) is 2.56. The molecule has 4 rings (SSSR count). The topological polar surface area (TPSA) is 125 Å². The molecule has 0 aromatic heterocycles. The maximum absolute atomic E-state index is 13.0. The summed E-state index contributed by atoms with van der Waals surface area (Å²) < 4.78 is 0. The SMILES string of the molecule is CCCC12CN3CC(C)(CN(C1)C3[C@@H](O)[C@H](O)[C@H](O)[C@H](O)CO)C2=O. The lowest BCUT2D eigenvalue weighted by molar-refractivity contribution is -0.231. The Bertz CT molecular complexity index is 513. The molecule has 4 fully saturated rings. The number of piperidine rings is 2. The Kier molecular flexibility index (Phi) is 5.00. The Morgan fingerprint density at radius 1 is 1.08 bits per heavy atom. The molecule has 4 aliphatic rings. The lowest BCUT2D eigenvalue weighted by atomic mass is 9.59. The van der Waals surface area contributed by atoms with Crippen molar-refractivity contribution in [3.8, 4) is 0 Å². The van der Waals surface area contributed by atoms with Crippen LogP contribution in [0.2, 0.25) is 0 Å². The third-order valence-electron chi connectivity index (χ3n) is 6.21. The number of aliphatic hydroxyl groups is 5. The van der Waals surface area contributed by atoms with Gasteiger partial charge in [-0.25, -0.2) is 0 Å². The van der Waals surface area contributed by atoms with Crippen LogP contribution in [0.4, 0.5) is 0 Å². The Morgan fingerprint density at radius 2 is 1.64 bits per heavy atom. The van der Waals surface area contributed by atoms with E-state index in [4.69, 9.17) is 5.11 Å². The molecule has 5 N–H and O–H groups in total. The van der Waals surface area contributed by atoms with Gasteiger partial charge in [-0.15, -0.1) is 0 Å². The first-order chi connectivity index (χ1) is 11.7. The summed E-state index contributed by atoms with van der Waals surface area (Å²) in [6, 6.07) is 0. The quantitative estimate of drug-likeness (QED) is 0.346. The highest BCUT2D eigenvalue weighted by molar-refractivity contribution is 5.93. The molecule has 0 aromatic carbocycles. The number of carbonyl (C=O) groups excluding carboxylic acids is 1. The normalized spacial score (nSPS) is 44.6. The predicted octanol–water partition coefficient (Wildman–Crippen LogP) is -2.24. The van der Waals surface area contributed by atoms with Crippen LogP contribution in [-0.2, 0) is 4.79 Å². The molecule has 0 radical (unpaired) electrons. The highest BCUT2D eigenvalue weighted by Gasteiger charge is 2.64. The predicted molar refractivity (Wildman–Crippen MR) is 88.5 cm³/mol. The second-order valence-electron chi connectivity index (χ2n) is 8.37. The van der Waals surface area contributed by atoms with E-state index in [-0.39, 0.29) is 0 Å². The number of aliphatic hydroxyl groups excluding tert-OH is 5. The number of hydrogen-bond acceptors (Lipinski definition) is 8. The second-order valence-corrected chi connectivity index (χ2v) is 8.37. The fourth-order valence-corrected chi connectivity index (χ4v) is 5.31. The van der Waals surface area contributed by atoms with Gasteiger partial charge in [-0.05, 0) is 6.42 Å². The van der Waals surface area contributed by atoms with Gasteiger partial charge < -0.3 is 25.5 Å². The Morgan fingerprint density at radius 3 is 2.12 bits per heavy atom. The van der Waals surface area contributed by atoms with Crippen molar-refractivity contribution in [2.75, 3.05) is 32.8 Å². The number of rotatable bonds is 7. The zero-order valence-electron chi connectivity index (χ0n) is 14.9. The van der Waals surface area contributed by atoms with Gasteiger partial charge in [0, 0.05) is 26.2 Å². The second kappa shape index (κ2) is 6.53. The first-order valence-electron chi connectivity index (χ1n) is 9.05. The first-order valence-corrected chi connectivity index (χ1v) is 9.05. The number of carbonyl (C=O) groups is 1. The van der Waals surface area contributed by atoms with Gasteiger partial charge in [0.05, 0.1) is 23.6 Å². The molecule has 25 heavy (non-hydrogen) atoms. The van der Waals surface area contributed by atoms with Crippen LogP contribution >= 0.6 is 0 Å². The summed E-state index contributed by atoms with van der Waals surface area (Å²) in [6.45, 7) is 5.43. The molecule has 6 atom stereocenters. The van der Waals surface area contributed by atoms with Crippen molar-refractivity contribution in [3.63, 3.8) is 0 Å². The van der Waals surface area contributed by atoms with E-state index < -0.39 is 48.0 Å². The molecule has 0 aromatic rings. The molecule has 0 aliphatic carbocycles. The standard InChI is InChI=1S/C17H30N2O6/c1-3-4-17-8-18-6-16(2,15(17)25)7-19(9-17)14(18)13(24)12(23)11(22)10(21)5-20/h10-14,20-24H,3-9H2,1-2H3/t10-,11-,12-,13+,14?,16?,17?/m1/s1. The maximum atomic E-state index is 13.0. The minimum atomic E-state index is -1.64. The van der Waals surface area contributed by atoms with Gasteiger partial charge in [-0.1, -0.05) is 20.3 Å². The zero-order chi connectivity index (χ0) is 18.6. The summed E-state index contributed by atoms with van der Waals surface area (Å²) in [7, 11) is 0. The third-order valence-corrected chi connectivity index (χ3v) is 6.21. The van der Waals surface area contributed by atoms with Gasteiger partial charge in [0.15, 0.2) is 0 Å². The van der Waals surface area contributed by atoms with Crippen LogP contribution in [0.15, 0.2) is 0 Å². The van der Waals surface area contributed by atoms with Crippen molar-refractivity contribution < 1.29 is 30.3 Å². The molecule has 0 saturated carbocycles. The van der Waals surface area contributed by atoms with E-state index in [0.717, 1.165) is 12.8 Å². The average molecular weight is 358 g/mol. The highest BCUT2D eigenvalue weighted by Crippen LogP contribution is 2.50. The van der Waals surface area contributed by atoms with Crippen molar-refractivity contribution in [2.45, 2.75) is 57.3 Å². The zero-order valence-corrected chi connectivity index (χ0v) is 14.9. The highest BCUT2D eigenvalue weighted by atomic mass is 16.4.